The van der Waals surface area contributed by atoms with E-state index in [0.29, 0.717) is 11.3 Å². The van der Waals surface area contributed by atoms with Gasteiger partial charge in [0.1, 0.15) is 0 Å². The van der Waals surface area contributed by atoms with Crippen LogP contribution in [0.3, 0.4) is 0 Å². The fraction of sp³-hybridized carbons (Fsp3) is 0.438. The van der Waals surface area contributed by atoms with Crippen LogP contribution in [0, 0.1) is 19.3 Å². The van der Waals surface area contributed by atoms with Gasteiger partial charge in [0.15, 0.2) is 5.78 Å². The highest BCUT2D eigenvalue weighted by atomic mass is 16.2. The minimum Gasteiger partial charge on any atom is -0.297 e. The van der Waals surface area contributed by atoms with Crippen LogP contribution in [0.25, 0.3) is 0 Å². The topological polar surface area (TPSA) is 54.5 Å². The molecule has 0 bridgehead atoms. The number of ketones is 2. The van der Waals surface area contributed by atoms with Gasteiger partial charge >= 0.3 is 0 Å². The molecule has 1 aliphatic rings. The second kappa shape index (κ2) is 4.54. The first-order chi connectivity index (χ1) is 9.12. The van der Waals surface area contributed by atoms with Crippen LogP contribution in [-0.4, -0.2) is 24.0 Å². The zero-order valence-corrected chi connectivity index (χ0v) is 12.5. The first-order valence-electron chi connectivity index (χ1n) is 6.63. The Bertz CT molecular complexity index is 623. The summed E-state index contributed by atoms with van der Waals surface area (Å²) in [5, 5.41) is 0. The van der Waals surface area contributed by atoms with Crippen LogP contribution in [0.1, 0.15) is 42.3 Å². The number of aryl methyl sites for hydroxylation is 2. The lowest BCUT2D eigenvalue weighted by molar-refractivity contribution is -0.126. The zero-order valence-electron chi connectivity index (χ0n) is 12.5. The Morgan fingerprint density at radius 1 is 1.15 bits per heavy atom. The number of amides is 1. The smallest absolute Gasteiger partial charge is 0.297 e. The predicted octanol–water partition coefficient (Wildman–Crippen LogP) is 2.45. The maximum atomic E-state index is 12.1. The molecule has 4 nitrogen and oxygen atoms in total. The summed E-state index contributed by atoms with van der Waals surface area (Å²) in [4.78, 5) is 37.6. The minimum absolute atomic E-state index is 0.0516. The quantitative estimate of drug-likeness (QED) is 0.778. The van der Waals surface area contributed by atoms with E-state index in [-0.39, 0.29) is 12.3 Å². The molecule has 2 rings (SSSR count). The van der Waals surface area contributed by atoms with Gasteiger partial charge < -0.3 is 0 Å². The summed E-state index contributed by atoms with van der Waals surface area (Å²) < 4.78 is 0. The molecule has 0 N–H and O–H groups in total. The van der Waals surface area contributed by atoms with Crippen molar-refractivity contribution in [2.24, 2.45) is 5.41 Å². The number of fused-ring (bicyclic) bond motifs is 1. The minimum atomic E-state index is -0.605. The summed E-state index contributed by atoms with van der Waals surface area (Å²) in [6.45, 7) is 9.08. The van der Waals surface area contributed by atoms with Gasteiger partial charge in [0.05, 0.1) is 17.8 Å². The largest absolute Gasteiger partial charge is 0.299 e. The monoisotopic (exact) mass is 273 g/mol. The molecule has 0 saturated heterocycles. The molecule has 1 amide bonds. The average Bonchev–Trinajstić information content (AvgIpc) is 2.53. The predicted molar refractivity (Wildman–Crippen MR) is 77.1 cm³/mol. The molecule has 1 aliphatic heterocycles. The summed E-state index contributed by atoms with van der Waals surface area (Å²) >= 11 is 0. The number of carbonyl (C=O) groups excluding carboxylic acids is 3. The van der Waals surface area contributed by atoms with Crippen molar-refractivity contribution in [2.45, 2.75) is 34.6 Å². The Morgan fingerprint density at radius 3 is 2.30 bits per heavy atom. The molecule has 0 saturated carbocycles. The SMILES string of the molecule is Cc1cc(C)c2c(c1)N(CC(=O)C(C)(C)C)C(=O)C2=O. The van der Waals surface area contributed by atoms with E-state index in [2.05, 4.69) is 0 Å². The lowest BCUT2D eigenvalue weighted by Crippen LogP contribution is -2.39. The van der Waals surface area contributed by atoms with Crippen molar-refractivity contribution in [1.29, 1.82) is 0 Å². The molecule has 1 heterocycles. The third-order valence-corrected chi connectivity index (χ3v) is 3.55. The molecule has 0 spiro atoms. The summed E-state index contributed by atoms with van der Waals surface area (Å²) in [6.07, 6.45) is 0. The highest BCUT2D eigenvalue weighted by molar-refractivity contribution is 6.53. The van der Waals surface area contributed by atoms with Crippen LogP contribution in [0.2, 0.25) is 0 Å². The van der Waals surface area contributed by atoms with E-state index in [1.165, 1.54) is 4.90 Å². The zero-order chi connectivity index (χ0) is 15.2. The first kappa shape index (κ1) is 14.4. The normalized spacial score (nSPS) is 14.8. The lowest BCUT2D eigenvalue weighted by atomic mass is 9.90. The van der Waals surface area contributed by atoms with Gasteiger partial charge in [0.2, 0.25) is 0 Å². The summed E-state index contributed by atoms with van der Waals surface area (Å²) in [7, 11) is 0. The van der Waals surface area contributed by atoms with Gasteiger partial charge in [-0.05, 0) is 31.0 Å². The fourth-order valence-electron chi connectivity index (χ4n) is 2.33. The number of anilines is 1. The number of hydrogen-bond acceptors (Lipinski definition) is 3. The van der Waals surface area contributed by atoms with E-state index in [1.54, 1.807) is 26.8 Å². The van der Waals surface area contributed by atoms with Crippen molar-refractivity contribution < 1.29 is 14.4 Å². The van der Waals surface area contributed by atoms with Crippen LogP contribution in [0.5, 0.6) is 0 Å². The first-order valence-corrected chi connectivity index (χ1v) is 6.63. The van der Waals surface area contributed by atoms with Gasteiger partial charge in [0, 0.05) is 5.41 Å². The Morgan fingerprint density at radius 2 is 1.75 bits per heavy atom. The van der Waals surface area contributed by atoms with Crippen molar-refractivity contribution in [3.8, 4) is 0 Å². The van der Waals surface area contributed by atoms with Crippen LogP contribution in [0.15, 0.2) is 12.1 Å². The van der Waals surface area contributed by atoms with E-state index < -0.39 is 17.1 Å². The van der Waals surface area contributed by atoms with Crippen molar-refractivity contribution in [1.82, 2.24) is 0 Å². The fourth-order valence-corrected chi connectivity index (χ4v) is 2.33. The maximum absolute atomic E-state index is 12.1. The summed E-state index contributed by atoms with van der Waals surface area (Å²) in [6, 6.07) is 3.67. The van der Waals surface area contributed by atoms with Crippen molar-refractivity contribution in [3.63, 3.8) is 0 Å². The number of nitrogens with zero attached hydrogens (tertiary/aromatic N) is 1. The number of rotatable bonds is 2. The van der Waals surface area contributed by atoms with Gasteiger partial charge in [-0.2, -0.15) is 0 Å². The van der Waals surface area contributed by atoms with E-state index >= 15 is 0 Å². The van der Waals surface area contributed by atoms with Gasteiger partial charge in [0.25, 0.3) is 11.7 Å². The van der Waals surface area contributed by atoms with Crippen LogP contribution in [-0.2, 0) is 9.59 Å². The van der Waals surface area contributed by atoms with Crippen LogP contribution in [0.4, 0.5) is 5.69 Å². The second-order valence-electron chi connectivity index (χ2n) is 6.37. The summed E-state index contributed by atoms with van der Waals surface area (Å²) in [5.74, 6) is -1.18. The van der Waals surface area contributed by atoms with Crippen LogP contribution >= 0.6 is 0 Å². The molecule has 1 aromatic carbocycles. The molecular formula is C16H19NO3. The molecular weight excluding hydrogens is 254 g/mol. The molecule has 0 fully saturated rings. The highest BCUT2D eigenvalue weighted by Crippen LogP contribution is 2.33. The molecule has 20 heavy (non-hydrogen) atoms. The number of Topliss-reactive ketones (excluding diaryl/α,β-unsaturated/α-hetero) is 2. The molecule has 0 unspecified atom stereocenters. The lowest BCUT2D eigenvalue weighted by Gasteiger charge is -2.22. The van der Waals surface area contributed by atoms with E-state index in [0.717, 1.165) is 11.1 Å². The Kier molecular flexibility index (Phi) is 3.28. The molecule has 0 aliphatic carbocycles. The average molecular weight is 273 g/mol. The maximum Gasteiger partial charge on any atom is 0.299 e. The third kappa shape index (κ3) is 2.26. The van der Waals surface area contributed by atoms with Gasteiger partial charge in [-0.1, -0.05) is 26.8 Å². The van der Waals surface area contributed by atoms with E-state index in [1.807, 2.05) is 19.9 Å². The van der Waals surface area contributed by atoms with Crippen molar-refractivity contribution in [2.75, 3.05) is 11.4 Å². The molecule has 106 valence electrons. The molecule has 1 aromatic rings. The number of benzene rings is 1. The van der Waals surface area contributed by atoms with Gasteiger partial charge in [-0.25, -0.2) is 0 Å². The number of hydrogen-bond donors (Lipinski definition) is 0. The van der Waals surface area contributed by atoms with E-state index in [9.17, 15) is 14.4 Å². The highest BCUT2D eigenvalue weighted by Gasteiger charge is 2.39. The Balaban J connectivity index is 2.46. The van der Waals surface area contributed by atoms with Crippen molar-refractivity contribution in [3.05, 3.63) is 28.8 Å². The van der Waals surface area contributed by atoms with Crippen LogP contribution < -0.4 is 4.90 Å². The van der Waals surface area contributed by atoms with E-state index in [4.69, 9.17) is 0 Å². The van der Waals surface area contributed by atoms with Gasteiger partial charge in [-0.3, -0.25) is 19.3 Å². The third-order valence-electron chi connectivity index (χ3n) is 3.55. The second-order valence-corrected chi connectivity index (χ2v) is 6.37. The standard InChI is InChI=1S/C16H19NO3/c1-9-6-10(2)13-11(7-9)17(15(20)14(13)19)8-12(18)16(3,4)5/h6-7H,8H2,1-5H3. The molecule has 0 aromatic heterocycles. The van der Waals surface area contributed by atoms with Gasteiger partial charge in [-0.15, -0.1) is 0 Å². The molecule has 4 heteroatoms. The molecule has 0 radical (unpaired) electrons. The Hall–Kier alpha value is -1.97. The Labute approximate surface area is 118 Å². The van der Waals surface area contributed by atoms with Crippen molar-refractivity contribution >= 4 is 23.2 Å². The molecule has 0 atom stereocenters. The number of carbonyl (C=O) groups is 3. The summed E-state index contributed by atoms with van der Waals surface area (Å²) in [5.41, 5.74) is 2.21.